The second-order valence-corrected chi connectivity index (χ2v) is 3.50. The van der Waals surface area contributed by atoms with E-state index in [-0.39, 0.29) is 5.69 Å². The Hall–Kier alpha value is -2.02. The van der Waals surface area contributed by atoms with Gasteiger partial charge in [0.25, 0.3) is 0 Å². The lowest BCUT2D eigenvalue weighted by molar-refractivity contribution is -0.131. The fourth-order valence-corrected chi connectivity index (χ4v) is 1.33. The van der Waals surface area contributed by atoms with Crippen molar-refractivity contribution in [2.75, 3.05) is 12.3 Å². The number of benzene rings is 1. The van der Waals surface area contributed by atoms with E-state index >= 15 is 0 Å². The Morgan fingerprint density at radius 1 is 1.41 bits per heavy atom. The Kier molecular flexibility index (Phi) is 2.76. The molecule has 90 valence electrons. The van der Waals surface area contributed by atoms with Crippen molar-refractivity contribution in [1.82, 2.24) is 15.0 Å². The van der Waals surface area contributed by atoms with E-state index in [2.05, 4.69) is 10.3 Å². The highest BCUT2D eigenvalue weighted by atomic mass is 19.3. The molecule has 0 saturated carbocycles. The summed E-state index contributed by atoms with van der Waals surface area (Å²) in [5.74, 6) is 0. The van der Waals surface area contributed by atoms with E-state index < -0.39 is 12.7 Å². The van der Waals surface area contributed by atoms with Gasteiger partial charge in [-0.3, -0.25) is 0 Å². The molecule has 17 heavy (non-hydrogen) atoms. The monoisotopic (exact) mass is 240 g/mol. The lowest BCUT2D eigenvalue weighted by Crippen LogP contribution is -2.27. The van der Waals surface area contributed by atoms with Crippen LogP contribution in [-0.4, -0.2) is 26.7 Å². The minimum atomic E-state index is -3.45. The van der Waals surface area contributed by atoms with Crippen molar-refractivity contribution >= 4 is 5.69 Å². The average molecular weight is 240 g/mol. The van der Waals surface area contributed by atoms with E-state index in [0.717, 1.165) is 6.20 Å². The van der Waals surface area contributed by atoms with Gasteiger partial charge < -0.3 is 10.8 Å². The number of anilines is 1. The number of halogens is 2. The maximum Gasteiger partial charge on any atom is 0.367 e. The van der Waals surface area contributed by atoms with Gasteiger partial charge in [-0.2, -0.15) is 13.5 Å². The van der Waals surface area contributed by atoms with Gasteiger partial charge in [-0.05, 0) is 12.1 Å². The number of nitrogens with two attached hydrogens (primary N) is 1. The molecule has 0 unspecified atom stereocenters. The highest BCUT2D eigenvalue weighted by Gasteiger charge is 2.31. The number of aromatic nitrogens is 3. The molecule has 0 aliphatic heterocycles. The number of rotatable bonds is 3. The summed E-state index contributed by atoms with van der Waals surface area (Å²) in [5.41, 5.74) is 6.93. The lowest BCUT2D eigenvalue weighted by Gasteiger charge is -2.11. The molecule has 1 aromatic heterocycles. The minimum Gasteiger partial charge on any atom is -0.399 e. The zero-order chi connectivity index (χ0) is 12.5. The molecule has 2 rings (SSSR count). The molecule has 0 aliphatic carbocycles. The van der Waals surface area contributed by atoms with Crippen molar-refractivity contribution in [3.05, 3.63) is 30.5 Å². The number of aliphatic hydroxyl groups excluding tert-OH is 1. The van der Waals surface area contributed by atoms with E-state index in [1.807, 2.05) is 0 Å². The van der Waals surface area contributed by atoms with Crippen molar-refractivity contribution in [2.45, 2.75) is 6.05 Å². The Balaban J connectivity index is 2.36. The second kappa shape index (κ2) is 4.10. The van der Waals surface area contributed by atoms with Crippen LogP contribution in [0.25, 0.3) is 11.3 Å². The van der Waals surface area contributed by atoms with Crippen molar-refractivity contribution in [3.8, 4) is 11.3 Å². The number of alkyl halides is 2. The molecule has 0 radical (unpaired) electrons. The Bertz CT molecular complexity index is 527. The molecule has 7 heteroatoms. The van der Waals surface area contributed by atoms with Crippen LogP contribution in [0.1, 0.15) is 0 Å². The molecule has 1 heterocycles. The Labute approximate surface area is 95.5 Å². The SMILES string of the molecule is Nc1cccc(-c2cn(C(F)(F)CO)nn2)c1. The van der Waals surface area contributed by atoms with Crippen molar-refractivity contribution < 1.29 is 13.9 Å². The number of hydrogen-bond donors (Lipinski definition) is 2. The maximum atomic E-state index is 13.1. The van der Waals surface area contributed by atoms with Crippen LogP contribution in [0.15, 0.2) is 30.5 Å². The zero-order valence-electron chi connectivity index (χ0n) is 8.72. The van der Waals surface area contributed by atoms with Crippen LogP contribution >= 0.6 is 0 Å². The van der Waals surface area contributed by atoms with Gasteiger partial charge in [-0.15, -0.1) is 5.10 Å². The molecule has 2 aromatic rings. The highest BCUT2D eigenvalue weighted by molar-refractivity contribution is 5.62. The van der Waals surface area contributed by atoms with Crippen molar-refractivity contribution in [2.24, 2.45) is 0 Å². The van der Waals surface area contributed by atoms with Crippen LogP contribution in [0.2, 0.25) is 0 Å². The molecule has 5 nitrogen and oxygen atoms in total. The number of nitrogens with zero attached hydrogens (tertiary/aromatic N) is 3. The molecule has 0 bridgehead atoms. The minimum absolute atomic E-state index is 0.269. The quantitative estimate of drug-likeness (QED) is 0.787. The summed E-state index contributed by atoms with van der Waals surface area (Å²) in [6.07, 6.45) is 1.06. The summed E-state index contributed by atoms with van der Waals surface area (Å²) >= 11 is 0. The van der Waals surface area contributed by atoms with Crippen LogP contribution < -0.4 is 5.73 Å². The van der Waals surface area contributed by atoms with Gasteiger partial charge in [0.05, 0.1) is 6.20 Å². The fourth-order valence-electron chi connectivity index (χ4n) is 1.33. The predicted octanol–water partition coefficient (Wildman–Crippen LogP) is 1.07. The van der Waals surface area contributed by atoms with Gasteiger partial charge in [0.1, 0.15) is 12.3 Å². The van der Waals surface area contributed by atoms with Gasteiger partial charge in [-0.25, -0.2) is 0 Å². The smallest absolute Gasteiger partial charge is 0.367 e. The van der Waals surface area contributed by atoms with Crippen molar-refractivity contribution in [3.63, 3.8) is 0 Å². The van der Waals surface area contributed by atoms with E-state index in [1.165, 1.54) is 0 Å². The number of aliphatic hydroxyl groups is 1. The average Bonchev–Trinajstić information content (AvgIpc) is 2.79. The summed E-state index contributed by atoms with van der Waals surface area (Å²) in [6.45, 7) is -1.33. The molecule has 0 fully saturated rings. The number of hydrogen-bond acceptors (Lipinski definition) is 4. The van der Waals surface area contributed by atoms with Gasteiger partial charge in [0, 0.05) is 11.3 Å². The normalized spacial score (nSPS) is 11.7. The summed E-state index contributed by atoms with van der Waals surface area (Å²) < 4.78 is 26.5. The first kappa shape index (κ1) is 11.5. The molecule has 1 aromatic carbocycles. The van der Waals surface area contributed by atoms with Gasteiger partial charge >= 0.3 is 6.05 Å². The van der Waals surface area contributed by atoms with Crippen LogP contribution in [0.5, 0.6) is 0 Å². The molecular formula is C10H10F2N4O. The zero-order valence-corrected chi connectivity index (χ0v) is 8.72. The Morgan fingerprint density at radius 2 is 2.18 bits per heavy atom. The predicted molar refractivity (Wildman–Crippen MR) is 57.1 cm³/mol. The fraction of sp³-hybridized carbons (Fsp3) is 0.200. The topological polar surface area (TPSA) is 77.0 Å². The second-order valence-electron chi connectivity index (χ2n) is 3.50. The van der Waals surface area contributed by atoms with E-state index in [1.54, 1.807) is 24.3 Å². The lowest BCUT2D eigenvalue weighted by atomic mass is 10.1. The summed E-state index contributed by atoms with van der Waals surface area (Å²) in [4.78, 5) is 0. The third-order valence-corrected chi connectivity index (χ3v) is 2.20. The first-order valence-corrected chi connectivity index (χ1v) is 4.80. The number of nitrogen functional groups attached to an aromatic ring is 1. The summed E-state index contributed by atoms with van der Waals surface area (Å²) in [6, 6.07) is 3.20. The van der Waals surface area contributed by atoms with Gasteiger partial charge in [0.15, 0.2) is 0 Å². The van der Waals surface area contributed by atoms with Gasteiger partial charge in [0.2, 0.25) is 0 Å². The summed E-state index contributed by atoms with van der Waals surface area (Å²) in [7, 11) is 0. The molecule has 0 aliphatic rings. The van der Waals surface area contributed by atoms with Crippen LogP contribution in [0.4, 0.5) is 14.5 Å². The standard InChI is InChI=1S/C10H10F2N4O/c11-10(12,6-17)16-5-9(14-15-16)7-2-1-3-8(13)4-7/h1-5,17H,6,13H2. The first-order valence-electron chi connectivity index (χ1n) is 4.80. The van der Waals surface area contributed by atoms with E-state index in [9.17, 15) is 8.78 Å². The first-order chi connectivity index (χ1) is 8.03. The van der Waals surface area contributed by atoms with Crippen LogP contribution in [0.3, 0.4) is 0 Å². The molecule has 0 saturated heterocycles. The molecule has 0 spiro atoms. The van der Waals surface area contributed by atoms with Crippen LogP contribution in [-0.2, 0) is 6.05 Å². The van der Waals surface area contributed by atoms with E-state index in [0.29, 0.717) is 15.9 Å². The van der Waals surface area contributed by atoms with E-state index in [4.69, 9.17) is 10.8 Å². The third-order valence-electron chi connectivity index (χ3n) is 2.20. The maximum absolute atomic E-state index is 13.1. The van der Waals surface area contributed by atoms with Crippen LogP contribution in [0, 0.1) is 0 Å². The van der Waals surface area contributed by atoms with Gasteiger partial charge in [-0.1, -0.05) is 17.3 Å². The molecular weight excluding hydrogens is 230 g/mol. The largest absolute Gasteiger partial charge is 0.399 e. The third kappa shape index (κ3) is 2.23. The van der Waals surface area contributed by atoms with Crippen molar-refractivity contribution in [1.29, 1.82) is 0 Å². The Morgan fingerprint density at radius 3 is 2.82 bits per heavy atom. The molecule has 0 amide bonds. The summed E-state index contributed by atoms with van der Waals surface area (Å²) in [5, 5.41) is 15.4. The molecule has 0 atom stereocenters. The highest BCUT2D eigenvalue weighted by Crippen LogP contribution is 2.23. The molecule has 3 N–H and O–H groups in total.